The first-order valence-corrected chi connectivity index (χ1v) is 18.7. The maximum absolute atomic E-state index is 6.42. The summed E-state index contributed by atoms with van der Waals surface area (Å²) in [5.41, 5.74) is 11.0. The fourth-order valence-electron chi connectivity index (χ4n) is 7.82. The zero-order chi connectivity index (χ0) is 35.6. The molecule has 0 spiro atoms. The SMILES string of the molecule is CCC(C)(CC)Oc1ccc(-c2ccc(Oc3ccc(C4(c5ccc(C(C)(CC)CC)cc5)c5ccccc5-c5ccccc54)cc3)cc2)cc1. The van der Waals surface area contributed by atoms with Gasteiger partial charge >= 0.3 is 0 Å². The number of hydrogen-bond donors (Lipinski definition) is 0. The normalized spacial score (nSPS) is 13.4. The van der Waals surface area contributed by atoms with E-state index in [4.69, 9.17) is 9.47 Å². The molecule has 0 atom stereocenters. The first kappa shape index (κ1) is 34.4. The summed E-state index contributed by atoms with van der Waals surface area (Å²) in [6, 6.07) is 52.8. The molecule has 0 aliphatic heterocycles. The fourth-order valence-corrected chi connectivity index (χ4v) is 7.82. The van der Waals surface area contributed by atoms with E-state index in [0.29, 0.717) is 0 Å². The van der Waals surface area contributed by atoms with Crippen molar-refractivity contribution in [3.8, 4) is 39.5 Å². The van der Waals surface area contributed by atoms with Crippen LogP contribution in [0.15, 0.2) is 146 Å². The lowest BCUT2D eigenvalue weighted by atomic mass is 9.67. The third kappa shape index (κ3) is 6.16. The van der Waals surface area contributed by atoms with Gasteiger partial charge in [-0.15, -0.1) is 0 Å². The molecule has 0 bridgehead atoms. The van der Waals surface area contributed by atoms with Crippen LogP contribution in [0.2, 0.25) is 0 Å². The summed E-state index contributed by atoms with van der Waals surface area (Å²) in [4.78, 5) is 0. The summed E-state index contributed by atoms with van der Waals surface area (Å²) in [6.45, 7) is 13.5. The van der Waals surface area contributed by atoms with Crippen LogP contribution in [0.25, 0.3) is 22.3 Å². The highest BCUT2D eigenvalue weighted by molar-refractivity contribution is 5.86. The molecular formula is C49H50O2. The quantitative estimate of drug-likeness (QED) is 0.129. The molecule has 2 heteroatoms. The van der Waals surface area contributed by atoms with Gasteiger partial charge in [0.15, 0.2) is 0 Å². The second kappa shape index (κ2) is 13.9. The van der Waals surface area contributed by atoms with E-state index in [-0.39, 0.29) is 11.0 Å². The molecule has 0 saturated heterocycles. The van der Waals surface area contributed by atoms with Crippen molar-refractivity contribution in [1.29, 1.82) is 0 Å². The van der Waals surface area contributed by atoms with Crippen LogP contribution in [0, 0.1) is 0 Å². The van der Waals surface area contributed by atoms with E-state index < -0.39 is 5.41 Å². The largest absolute Gasteiger partial charge is 0.488 e. The standard InChI is InChI=1S/C49H50O2/c1-7-47(5,8-2)37-23-25-38(26-24-37)49(45-17-13-11-15-43(45)44-16-12-14-18-46(44)49)39-27-33-41(34-28-39)50-40-29-19-35(20-30-40)36-21-31-42(32-22-36)51-48(6,9-3)10-4/h11-34H,7-10H2,1-6H3. The summed E-state index contributed by atoms with van der Waals surface area (Å²) in [5, 5.41) is 0. The van der Waals surface area contributed by atoms with Gasteiger partial charge in [0.1, 0.15) is 22.8 Å². The second-order valence-electron chi connectivity index (χ2n) is 14.6. The topological polar surface area (TPSA) is 18.5 Å². The van der Waals surface area contributed by atoms with Crippen molar-refractivity contribution in [2.75, 3.05) is 0 Å². The fraction of sp³-hybridized carbons (Fsp3) is 0.265. The molecule has 0 heterocycles. The third-order valence-corrected chi connectivity index (χ3v) is 12.0. The van der Waals surface area contributed by atoms with E-state index >= 15 is 0 Å². The Kier molecular flexibility index (Phi) is 9.38. The minimum Gasteiger partial charge on any atom is -0.488 e. The van der Waals surface area contributed by atoms with Crippen LogP contribution in [-0.4, -0.2) is 5.60 Å². The van der Waals surface area contributed by atoms with Gasteiger partial charge in [0.25, 0.3) is 0 Å². The van der Waals surface area contributed by atoms with E-state index in [1.807, 2.05) is 12.1 Å². The molecule has 6 aromatic rings. The Morgan fingerprint density at radius 1 is 0.451 bits per heavy atom. The lowest BCUT2D eigenvalue weighted by Crippen LogP contribution is -2.30. The second-order valence-corrected chi connectivity index (χ2v) is 14.6. The average molecular weight is 671 g/mol. The first-order valence-electron chi connectivity index (χ1n) is 18.7. The first-order chi connectivity index (χ1) is 24.8. The van der Waals surface area contributed by atoms with Gasteiger partial charge in [0.2, 0.25) is 0 Å². The molecule has 258 valence electrons. The van der Waals surface area contributed by atoms with Crippen LogP contribution in [0.1, 0.15) is 95.0 Å². The third-order valence-electron chi connectivity index (χ3n) is 12.0. The van der Waals surface area contributed by atoms with Gasteiger partial charge in [-0.25, -0.2) is 0 Å². The Morgan fingerprint density at radius 3 is 1.31 bits per heavy atom. The van der Waals surface area contributed by atoms with Crippen LogP contribution < -0.4 is 9.47 Å². The smallest absolute Gasteiger partial charge is 0.127 e. The predicted molar refractivity (Wildman–Crippen MR) is 213 cm³/mol. The van der Waals surface area contributed by atoms with Gasteiger partial charge in [-0.05, 0) is 124 Å². The number of rotatable bonds is 12. The molecule has 7 rings (SSSR count). The van der Waals surface area contributed by atoms with Gasteiger partial charge < -0.3 is 9.47 Å². The number of fused-ring (bicyclic) bond motifs is 3. The zero-order valence-corrected chi connectivity index (χ0v) is 31.0. The van der Waals surface area contributed by atoms with Gasteiger partial charge in [0.05, 0.1) is 5.41 Å². The van der Waals surface area contributed by atoms with Gasteiger partial charge in [-0.1, -0.05) is 144 Å². The van der Waals surface area contributed by atoms with E-state index in [9.17, 15) is 0 Å². The summed E-state index contributed by atoms with van der Waals surface area (Å²) >= 11 is 0. The molecule has 51 heavy (non-hydrogen) atoms. The van der Waals surface area contributed by atoms with E-state index in [0.717, 1.165) is 54.1 Å². The molecule has 0 radical (unpaired) electrons. The highest BCUT2D eigenvalue weighted by Crippen LogP contribution is 2.56. The summed E-state index contributed by atoms with van der Waals surface area (Å²) in [7, 11) is 0. The molecule has 0 saturated carbocycles. The van der Waals surface area contributed by atoms with E-state index in [1.54, 1.807) is 0 Å². The Morgan fingerprint density at radius 2 is 0.863 bits per heavy atom. The number of hydrogen-bond acceptors (Lipinski definition) is 2. The van der Waals surface area contributed by atoms with Crippen LogP contribution in [0.4, 0.5) is 0 Å². The number of benzene rings is 6. The zero-order valence-electron chi connectivity index (χ0n) is 31.0. The van der Waals surface area contributed by atoms with Crippen LogP contribution in [0.5, 0.6) is 17.2 Å². The molecular weight excluding hydrogens is 621 g/mol. The molecule has 0 amide bonds. The minimum absolute atomic E-state index is 0.137. The van der Waals surface area contributed by atoms with Crippen molar-refractivity contribution in [1.82, 2.24) is 0 Å². The van der Waals surface area contributed by atoms with Crippen molar-refractivity contribution in [2.24, 2.45) is 0 Å². The summed E-state index contributed by atoms with van der Waals surface area (Å²) in [5.74, 6) is 2.53. The highest BCUT2D eigenvalue weighted by atomic mass is 16.5. The van der Waals surface area contributed by atoms with Crippen molar-refractivity contribution < 1.29 is 9.47 Å². The molecule has 1 aliphatic carbocycles. The molecule has 2 nitrogen and oxygen atoms in total. The lowest BCUT2D eigenvalue weighted by Gasteiger charge is -2.35. The molecule has 0 unspecified atom stereocenters. The molecule has 0 aromatic heterocycles. The average Bonchev–Trinajstić information content (AvgIpc) is 3.49. The van der Waals surface area contributed by atoms with Crippen molar-refractivity contribution in [2.45, 2.75) is 83.7 Å². The predicted octanol–water partition coefficient (Wildman–Crippen LogP) is 13.5. The van der Waals surface area contributed by atoms with E-state index in [1.165, 1.54) is 38.9 Å². The maximum atomic E-state index is 6.42. The Hall–Kier alpha value is -5.08. The van der Waals surface area contributed by atoms with Gasteiger partial charge in [-0.3, -0.25) is 0 Å². The van der Waals surface area contributed by atoms with Crippen molar-refractivity contribution in [3.63, 3.8) is 0 Å². The molecule has 0 N–H and O–H groups in total. The molecule has 1 aliphatic rings. The maximum Gasteiger partial charge on any atom is 0.127 e. The van der Waals surface area contributed by atoms with Gasteiger partial charge in [-0.2, -0.15) is 0 Å². The van der Waals surface area contributed by atoms with Crippen molar-refractivity contribution in [3.05, 3.63) is 173 Å². The van der Waals surface area contributed by atoms with Crippen LogP contribution >= 0.6 is 0 Å². The Labute approximate surface area is 305 Å². The Bertz CT molecular complexity index is 2030. The summed E-state index contributed by atoms with van der Waals surface area (Å²) in [6.07, 6.45) is 4.18. The van der Waals surface area contributed by atoms with E-state index in [2.05, 4.69) is 175 Å². The van der Waals surface area contributed by atoms with Crippen molar-refractivity contribution >= 4 is 0 Å². The summed E-state index contributed by atoms with van der Waals surface area (Å²) < 4.78 is 12.7. The molecule has 6 aromatic carbocycles. The minimum atomic E-state index is -0.437. The Balaban J connectivity index is 1.19. The van der Waals surface area contributed by atoms with Gasteiger partial charge in [0, 0.05) is 0 Å². The van der Waals surface area contributed by atoms with Crippen LogP contribution in [-0.2, 0) is 10.8 Å². The van der Waals surface area contributed by atoms with Crippen LogP contribution in [0.3, 0.4) is 0 Å². The number of ether oxygens (including phenoxy) is 2. The monoisotopic (exact) mass is 670 g/mol. The molecule has 0 fully saturated rings. The highest BCUT2D eigenvalue weighted by Gasteiger charge is 2.46. The lowest BCUT2D eigenvalue weighted by molar-refractivity contribution is 0.0803.